The Labute approximate surface area is 71.7 Å². The van der Waals surface area contributed by atoms with Gasteiger partial charge in [-0.3, -0.25) is 9.69 Å². The first-order chi connectivity index (χ1) is 5.68. The molecule has 1 N–H and O–H groups in total. The average Bonchev–Trinajstić information content (AvgIpc) is 2.53. The van der Waals surface area contributed by atoms with E-state index in [4.69, 9.17) is 5.11 Å². The van der Waals surface area contributed by atoms with Gasteiger partial charge in [0.2, 0.25) is 0 Å². The van der Waals surface area contributed by atoms with Crippen molar-refractivity contribution in [2.45, 2.75) is 25.4 Å². The highest BCUT2D eigenvalue weighted by Gasteiger charge is 2.40. The molecule has 1 heterocycles. The Bertz CT molecular complexity index is 237. The fraction of sp³-hybridized carbons (Fsp3) is 0.667. The lowest BCUT2D eigenvalue weighted by Crippen LogP contribution is -2.40. The molecule has 0 aromatic heterocycles. The van der Waals surface area contributed by atoms with Crippen LogP contribution in [0.2, 0.25) is 0 Å². The van der Waals surface area contributed by atoms with Crippen LogP contribution in [0.1, 0.15) is 13.3 Å². The van der Waals surface area contributed by atoms with Gasteiger partial charge in [-0.05, 0) is 19.3 Å². The number of nitrogens with zero attached hydrogens (tertiary/aromatic N) is 1. The van der Waals surface area contributed by atoms with Crippen LogP contribution in [-0.4, -0.2) is 34.6 Å². The van der Waals surface area contributed by atoms with Gasteiger partial charge in [0.1, 0.15) is 0 Å². The van der Waals surface area contributed by atoms with Crippen molar-refractivity contribution < 1.29 is 9.90 Å². The molecule has 12 heavy (non-hydrogen) atoms. The van der Waals surface area contributed by atoms with Gasteiger partial charge in [-0.1, -0.05) is 12.2 Å². The Balaban J connectivity index is 2.08. The number of likely N-dealkylation sites (tertiary alicyclic amines) is 1. The zero-order valence-electron chi connectivity index (χ0n) is 7.10. The minimum absolute atomic E-state index is 0.187. The number of hydrogen-bond donors (Lipinski definition) is 1. The lowest BCUT2D eigenvalue weighted by molar-refractivity contribution is -0.138. The van der Waals surface area contributed by atoms with Crippen molar-refractivity contribution in [1.29, 1.82) is 0 Å². The molecule has 0 spiro atoms. The first-order valence-corrected chi connectivity index (χ1v) is 4.34. The first kappa shape index (κ1) is 7.80. The standard InChI is InChI=1S/C9H13NO2/c1-6-7-2-3-8(4-7)10(6)5-9(11)12/h2-3,6-8H,4-5H2,1H3,(H,11,12). The van der Waals surface area contributed by atoms with E-state index in [1.54, 1.807) is 0 Å². The van der Waals surface area contributed by atoms with Gasteiger partial charge >= 0.3 is 5.97 Å². The molecular weight excluding hydrogens is 154 g/mol. The van der Waals surface area contributed by atoms with Crippen LogP contribution < -0.4 is 0 Å². The Morgan fingerprint density at radius 2 is 2.42 bits per heavy atom. The van der Waals surface area contributed by atoms with Crippen molar-refractivity contribution in [3.05, 3.63) is 12.2 Å². The molecule has 66 valence electrons. The van der Waals surface area contributed by atoms with Gasteiger partial charge in [0.05, 0.1) is 6.54 Å². The molecule has 3 nitrogen and oxygen atoms in total. The minimum Gasteiger partial charge on any atom is -0.480 e. The van der Waals surface area contributed by atoms with Crippen molar-refractivity contribution in [2.75, 3.05) is 6.54 Å². The Morgan fingerprint density at radius 3 is 2.92 bits per heavy atom. The highest BCUT2D eigenvalue weighted by Crippen LogP contribution is 2.36. The summed E-state index contributed by atoms with van der Waals surface area (Å²) >= 11 is 0. The maximum absolute atomic E-state index is 10.5. The van der Waals surface area contributed by atoms with Crippen molar-refractivity contribution in [1.82, 2.24) is 4.90 Å². The molecule has 3 unspecified atom stereocenters. The summed E-state index contributed by atoms with van der Waals surface area (Å²) in [5.41, 5.74) is 0. The summed E-state index contributed by atoms with van der Waals surface area (Å²) in [7, 11) is 0. The van der Waals surface area contributed by atoms with Gasteiger partial charge in [0.25, 0.3) is 0 Å². The van der Waals surface area contributed by atoms with E-state index in [9.17, 15) is 4.79 Å². The summed E-state index contributed by atoms with van der Waals surface area (Å²) in [6.45, 7) is 2.30. The lowest BCUT2D eigenvalue weighted by atomic mass is 10.0. The van der Waals surface area contributed by atoms with Gasteiger partial charge in [0.15, 0.2) is 0 Å². The van der Waals surface area contributed by atoms with Crippen LogP contribution in [0.15, 0.2) is 12.2 Å². The van der Waals surface area contributed by atoms with Crippen LogP contribution >= 0.6 is 0 Å². The molecule has 0 aromatic carbocycles. The predicted octanol–water partition coefficient (Wildman–Crippen LogP) is 0.720. The highest BCUT2D eigenvalue weighted by molar-refractivity contribution is 5.69. The van der Waals surface area contributed by atoms with E-state index < -0.39 is 5.97 Å². The van der Waals surface area contributed by atoms with Crippen LogP contribution in [0.4, 0.5) is 0 Å². The monoisotopic (exact) mass is 167 g/mol. The molecule has 2 bridgehead atoms. The van der Waals surface area contributed by atoms with Crippen molar-refractivity contribution in [3.8, 4) is 0 Å². The van der Waals surface area contributed by atoms with Gasteiger partial charge in [-0.25, -0.2) is 0 Å². The number of carbonyl (C=O) groups is 1. The number of rotatable bonds is 2. The molecule has 3 heteroatoms. The third-order valence-electron chi connectivity index (χ3n) is 2.98. The van der Waals surface area contributed by atoms with E-state index in [-0.39, 0.29) is 6.54 Å². The van der Waals surface area contributed by atoms with Crippen molar-refractivity contribution >= 4 is 5.97 Å². The summed E-state index contributed by atoms with van der Waals surface area (Å²) in [4.78, 5) is 12.6. The number of aliphatic carboxylic acids is 1. The summed E-state index contributed by atoms with van der Waals surface area (Å²) in [6, 6.07) is 0.803. The molecular formula is C9H13NO2. The summed E-state index contributed by atoms with van der Waals surface area (Å²) in [5, 5.41) is 8.65. The van der Waals surface area contributed by atoms with Crippen LogP contribution in [0.25, 0.3) is 0 Å². The molecule has 0 amide bonds. The van der Waals surface area contributed by atoms with Crippen LogP contribution in [0.3, 0.4) is 0 Å². The maximum Gasteiger partial charge on any atom is 0.317 e. The van der Waals surface area contributed by atoms with Gasteiger partial charge in [-0.15, -0.1) is 0 Å². The fourth-order valence-electron chi connectivity index (χ4n) is 2.28. The van der Waals surface area contributed by atoms with Crippen LogP contribution in [0.5, 0.6) is 0 Å². The summed E-state index contributed by atoms with van der Waals surface area (Å²) < 4.78 is 0. The molecule has 2 aliphatic rings. The quantitative estimate of drug-likeness (QED) is 0.616. The fourth-order valence-corrected chi connectivity index (χ4v) is 2.28. The highest BCUT2D eigenvalue weighted by atomic mass is 16.4. The van der Waals surface area contributed by atoms with Crippen LogP contribution in [0, 0.1) is 5.92 Å². The van der Waals surface area contributed by atoms with E-state index in [0.29, 0.717) is 18.0 Å². The molecule has 0 saturated carbocycles. The molecule has 1 aliphatic carbocycles. The molecule has 0 aromatic rings. The normalized spacial score (nSPS) is 39.2. The minimum atomic E-state index is -0.720. The number of carboxylic acids is 1. The van der Waals surface area contributed by atoms with Crippen LogP contribution in [-0.2, 0) is 4.79 Å². The third-order valence-corrected chi connectivity index (χ3v) is 2.98. The second-order valence-corrected chi connectivity index (χ2v) is 3.66. The summed E-state index contributed by atoms with van der Waals surface area (Å²) in [5.74, 6) is -0.128. The zero-order chi connectivity index (χ0) is 8.72. The van der Waals surface area contributed by atoms with Gasteiger partial charge < -0.3 is 5.11 Å². The van der Waals surface area contributed by atoms with Gasteiger partial charge in [-0.2, -0.15) is 0 Å². The molecule has 2 rings (SSSR count). The topological polar surface area (TPSA) is 40.5 Å². The van der Waals surface area contributed by atoms with E-state index in [1.807, 2.05) is 0 Å². The number of hydrogen-bond acceptors (Lipinski definition) is 2. The Morgan fingerprint density at radius 1 is 1.67 bits per heavy atom. The number of fused-ring (bicyclic) bond motifs is 2. The Hall–Kier alpha value is -0.830. The largest absolute Gasteiger partial charge is 0.480 e. The van der Waals surface area contributed by atoms with E-state index in [1.165, 1.54) is 0 Å². The van der Waals surface area contributed by atoms with Gasteiger partial charge in [0, 0.05) is 12.1 Å². The summed E-state index contributed by atoms with van der Waals surface area (Å²) in [6.07, 6.45) is 5.47. The SMILES string of the molecule is CC1C2C=CC(C2)N1CC(=O)O. The van der Waals surface area contributed by atoms with E-state index in [0.717, 1.165) is 6.42 Å². The molecule has 1 saturated heterocycles. The van der Waals surface area contributed by atoms with Crippen molar-refractivity contribution in [3.63, 3.8) is 0 Å². The van der Waals surface area contributed by atoms with E-state index in [2.05, 4.69) is 24.0 Å². The second kappa shape index (κ2) is 2.59. The third kappa shape index (κ3) is 1.05. The molecule has 0 radical (unpaired) electrons. The average molecular weight is 167 g/mol. The Kier molecular flexibility index (Phi) is 1.68. The molecule has 1 fully saturated rings. The zero-order valence-corrected chi connectivity index (χ0v) is 7.10. The molecule has 1 aliphatic heterocycles. The first-order valence-electron chi connectivity index (χ1n) is 4.34. The maximum atomic E-state index is 10.5. The smallest absolute Gasteiger partial charge is 0.317 e. The van der Waals surface area contributed by atoms with E-state index >= 15 is 0 Å². The predicted molar refractivity (Wildman–Crippen MR) is 44.8 cm³/mol. The molecule has 3 atom stereocenters. The number of carboxylic acid groups (broad SMARTS) is 1. The van der Waals surface area contributed by atoms with Crippen molar-refractivity contribution in [2.24, 2.45) is 5.92 Å². The lowest BCUT2D eigenvalue weighted by Gasteiger charge is -2.27. The second-order valence-electron chi connectivity index (χ2n) is 3.66.